The van der Waals surface area contributed by atoms with Crippen LogP contribution >= 0.6 is 0 Å². The molecule has 0 aromatic rings. The van der Waals surface area contributed by atoms with E-state index in [2.05, 4.69) is 24.8 Å². The summed E-state index contributed by atoms with van der Waals surface area (Å²) >= 11 is 0. The van der Waals surface area contributed by atoms with Crippen LogP contribution in [0, 0.1) is 0 Å². The fourth-order valence-electron chi connectivity index (χ4n) is 4.80. The molecule has 1 atom stereocenters. The first-order chi connectivity index (χ1) is 19.0. The minimum Gasteiger partial charge on any atom is -0.462 e. The van der Waals surface area contributed by atoms with Gasteiger partial charge in [-0.05, 0) is 65.6 Å². The number of hydrogen-bond acceptors (Lipinski definition) is 5. The molecule has 0 N–H and O–H groups in total. The van der Waals surface area contributed by atoms with Crippen molar-refractivity contribution >= 4 is 11.9 Å². The van der Waals surface area contributed by atoms with Gasteiger partial charge in [0, 0.05) is 12.8 Å². The normalized spacial score (nSPS) is 12.3. The molecule has 0 heterocycles. The van der Waals surface area contributed by atoms with Gasteiger partial charge in [0.1, 0.15) is 12.7 Å². The van der Waals surface area contributed by atoms with E-state index in [0.29, 0.717) is 19.4 Å². The topological polar surface area (TPSA) is 55.8 Å². The molecular weight excluding hydrogens is 486 g/mol. The van der Waals surface area contributed by atoms with E-state index < -0.39 is 0 Å². The van der Waals surface area contributed by atoms with Crippen molar-refractivity contribution in [3.05, 3.63) is 12.2 Å². The van der Waals surface area contributed by atoms with Crippen molar-refractivity contribution in [3.63, 3.8) is 0 Å². The van der Waals surface area contributed by atoms with Gasteiger partial charge < -0.3 is 14.4 Å². The Labute approximate surface area is 242 Å². The molecule has 0 rings (SSSR count). The summed E-state index contributed by atoms with van der Waals surface area (Å²) < 4.78 is 11.2. The third kappa shape index (κ3) is 29.4. The Morgan fingerprint density at radius 2 is 1.13 bits per heavy atom. The molecule has 0 bridgehead atoms. The maximum absolute atomic E-state index is 12.4. The van der Waals surface area contributed by atoms with Crippen LogP contribution < -0.4 is 0 Å². The van der Waals surface area contributed by atoms with Crippen LogP contribution in [0.2, 0.25) is 0 Å². The van der Waals surface area contributed by atoms with E-state index in [1.165, 1.54) is 89.9 Å². The Kier molecular flexibility index (Phi) is 28.6. The summed E-state index contributed by atoms with van der Waals surface area (Å²) in [6, 6.07) is 0. The summed E-state index contributed by atoms with van der Waals surface area (Å²) in [5.41, 5.74) is 0. The van der Waals surface area contributed by atoms with E-state index in [1.807, 2.05) is 20.2 Å². The summed E-state index contributed by atoms with van der Waals surface area (Å²) in [4.78, 5) is 26.3. The smallest absolute Gasteiger partial charge is 0.306 e. The summed E-state index contributed by atoms with van der Waals surface area (Å²) in [5.74, 6) is -0.0864. The van der Waals surface area contributed by atoms with Crippen molar-refractivity contribution in [3.8, 4) is 0 Å². The molecule has 5 nitrogen and oxygen atoms in total. The van der Waals surface area contributed by atoms with Crippen molar-refractivity contribution in [2.24, 2.45) is 0 Å². The van der Waals surface area contributed by atoms with Crippen LogP contribution in [-0.4, -0.2) is 50.2 Å². The van der Waals surface area contributed by atoms with Gasteiger partial charge in [0.2, 0.25) is 0 Å². The molecule has 0 spiro atoms. The predicted molar refractivity (Wildman–Crippen MR) is 166 cm³/mol. The van der Waals surface area contributed by atoms with Crippen LogP contribution in [0.25, 0.3) is 0 Å². The average Bonchev–Trinajstić information content (AvgIpc) is 2.90. The highest BCUT2D eigenvalue weighted by Gasteiger charge is 2.14. The van der Waals surface area contributed by atoms with E-state index in [4.69, 9.17) is 9.47 Å². The zero-order chi connectivity index (χ0) is 28.8. The van der Waals surface area contributed by atoms with Crippen molar-refractivity contribution in [1.82, 2.24) is 4.90 Å². The number of nitrogens with zero attached hydrogens (tertiary/aromatic N) is 1. The first-order valence-electron chi connectivity index (χ1n) is 16.6. The maximum Gasteiger partial charge on any atom is 0.306 e. The van der Waals surface area contributed by atoms with Crippen LogP contribution in [0.4, 0.5) is 0 Å². The van der Waals surface area contributed by atoms with Crippen molar-refractivity contribution in [2.45, 2.75) is 168 Å². The van der Waals surface area contributed by atoms with Crippen molar-refractivity contribution in [1.29, 1.82) is 0 Å². The van der Waals surface area contributed by atoms with Gasteiger partial charge in [0.25, 0.3) is 0 Å². The van der Waals surface area contributed by atoms with Crippen molar-refractivity contribution < 1.29 is 19.1 Å². The van der Waals surface area contributed by atoms with E-state index in [1.54, 1.807) is 0 Å². The summed E-state index contributed by atoms with van der Waals surface area (Å²) in [6.07, 6.45) is 29.9. The van der Waals surface area contributed by atoms with E-state index in [0.717, 1.165) is 51.5 Å². The highest BCUT2D eigenvalue weighted by Crippen LogP contribution is 2.18. The maximum atomic E-state index is 12.4. The van der Waals surface area contributed by atoms with Gasteiger partial charge in [-0.3, -0.25) is 9.59 Å². The standard InChI is InChI=1S/C34H65NO4/c1-5-7-9-11-14-17-21-26-32(39-34(37)29-25-30-35(3)4)27-22-18-15-12-13-16-19-23-28-33(36)38-31-24-20-10-8-6-2/h20,24,32H,5-19,21-23,25-31H2,1-4H3/b24-20-. The van der Waals surface area contributed by atoms with Gasteiger partial charge in [0.05, 0.1) is 0 Å². The van der Waals surface area contributed by atoms with Crippen LogP contribution in [0.3, 0.4) is 0 Å². The van der Waals surface area contributed by atoms with Gasteiger partial charge in [-0.1, -0.05) is 116 Å². The van der Waals surface area contributed by atoms with Crippen LogP contribution in [0.5, 0.6) is 0 Å². The zero-order valence-electron chi connectivity index (χ0n) is 26.5. The molecular formula is C34H65NO4. The summed E-state index contributed by atoms with van der Waals surface area (Å²) in [6.45, 7) is 5.78. The molecule has 1 unspecified atom stereocenters. The number of carbonyl (C=O) groups excluding carboxylic acids is 2. The van der Waals surface area contributed by atoms with Gasteiger partial charge >= 0.3 is 11.9 Å². The number of hydrogen-bond donors (Lipinski definition) is 0. The Bertz CT molecular complexity index is 576. The predicted octanol–water partition coefficient (Wildman–Crippen LogP) is 9.57. The molecule has 230 valence electrons. The molecule has 0 aliphatic carbocycles. The molecule has 0 amide bonds. The lowest BCUT2D eigenvalue weighted by Crippen LogP contribution is -2.20. The Morgan fingerprint density at radius 1 is 0.615 bits per heavy atom. The van der Waals surface area contributed by atoms with Crippen LogP contribution in [-0.2, 0) is 19.1 Å². The molecule has 0 aliphatic rings. The van der Waals surface area contributed by atoms with Gasteiger partial charge in [0.15, 0.2) is 0 Å². The largest absolute Gasteiger partial charge is 0.462 e. The molecule has 0 aromatic heterocycles. The lowest BCUT2D eigenvalue weighted by molar-refractivity contribution is -0.150. The average molecular weight is 552 g/mol. The molecule has 39 heavy (non-hydrogen) atoms. The highest BCUT2D eigenvalue weighted by molar-refractivity contribution is 5.69. The van der Waals surface area contributed by atoms with E-state index >= 15 is 0 Å². The third-order valence-electron chi connectivity index (χ3n) is 7.30. The number of esters is 2. The number of allylic oxidation sites excluding steroid dienone is 1. The van der Waals surface area contributed by atoms with Crippen molar-refractivity contribution in [2.75, 3.05) is 27.2 Å². The lowest BCUT2D eigenvalue weighted by atomic mass is 10.0. The number of unbranched alkanes of at least 4 members (excludes halogenated alkanes) is 15. The monoisotopic (exact) mass is 551 g/mol. The summed E-state index contributed by atoms with van der Waals surface area (Å²) in [5, 5.41) is 0. The molecule has 0 aromatic carbocycles. The van der Waals surface area contributed by atoms with Gasteiger partial charge in [-0.25, -0.2) is 0 Å². The molecule has 5 heteroatoms. The number of ether oxygens (including phenoxy) is 2. The van der Waals surface area contributed by atoms with E-state index in [-0.39, 0.29) is 18.0 Å². The first-order valence-corrected chi connectivity index (χ1v) is 16.6. The van der Waals surface area contributed by atoms with Crippen LogP contribution in [0.1, 0.15) is 162 Å². The number of rotatable bonds is 29. The third-order valence-corrected chi connectivity index (χ3v) is 7.30. The van der Waals surface area contributed by atoms with Gasteiger partial charge in [-0.15, -0.1) is 0 Å². The molecule has 0 saturated carbocycles. The van der Waals surface area contributed by atoms with Crippen LogP contribution in [0.15, 0.2) is 12.2 Å². The second-order valence-corrected chi connectivity index (χ2v) is 11.6. The molecule has 0 aliphatic heterocycles. The second kappa shape index (κ2) is 29.6. The highest BCUT2D eigenvalue weighted by atomic mass is 16.5. The Morgan fingerprint density at radius 3 is 1.69 bits per heavy atom. The summed E-state index contributed by atoms with van der Waals surface area (Å²) in [7, 11) is 4.08. The Balaban J connectivity index is 3.91. The fraction of sp³-hybridized carbons (Fsp3) is 0.882. The zero-order valence-corrected chi connectivity index (χ0v) is 26.5. The minimum atomic E-state index is -0.0698. The second-order valence-electron chi connectivity index (χ2n) is 11.6. The van der Waals surface area contributed by atoms with E-state index in [9.17, 15) is 9.59 Å². The molecule has 0 radical (unpaired) electrons. The first kappa shape index (κ1) is 37.6. The SMILES string of the molecule is CCCC/C=C\COC(=O)CCCCCCCCCCC(CCCCCCCCC)OC(=O)CCCN(C)C. The molecule has 0 fully saturated rings. The fourth-order valence-corrected chi connectivity index (χ4v) is 4.80. The Hall–Kier alpha value is -1.36. The number of carbonyl (C=O) groups is 2. The lowest BCUT2D eigenvalue weighted by Gasteiger charge is -2.18. The van der Waals surface area contributed by atoms with Gasteiger partial charge in [-0.2, -0.15) is 0 Å². The molecule has 0 saturated heterocycles. The minimum absolute atomic E-state index is 0.0166. The quantitative estimate of drug-likeness (QED) is 0.0526.